The van der Waals surface area contributed by atoms with Gasteiger partial charge in [-0.25, -0.2) is 9.97 Å². The minimum atomic E-state index is 0. The molecule has 158 valence electrons. The summed E-state index contributed by atoms with van der Waals surface area (Å²) in [6, 6.07) is 18.1. The highest BCUT2D eigenvalue weighted by Crippen LogP contribution is 2.29. The molecule has 1 fully saturated rings. The van der Waals surface area contributed by atoms with Crippen molar-refractivity contribution in [2.45, 2.75) is 19.3 Å². The van der Waals surface area contributed by atoms with Gasteiger partial charge in [0, 0.05) is 17.3 Å². The number of aromatic nitrogens is 2. The van der Waals surface area contributed by atoms with E-state index in [1.165, 1.54) is 25.9 Å². The van der Waals surface area contributed by atoms with Crippen LogP contribution in [0.15, 0.2) is 59.0 Å². The fourth-order valence-electron chi connectivity index (χ4n) is 3.93. The Balaban J connectivity index is 0.00000128. The predicted molar refractivity (Wildman–Crippen MR) is 128 cm³/mol. The molecule has 5 rings (SSSR count). The van der Waals surface area contributed by atoms with Gasteiger partial charge in [0.15, 0.2) is 11.6 Å². The molecule has 30 heavy (non-hydrogen) atoms. The van der Waals surface area contributed by atoms with Gasteiger partial charge in [-0.1, -0.05) is 30.3 Å². The van der Waals surface area contributed by atoms with E-state index in [0.717, 1.165) is 47.2 Å². The van der Waals surface area contributed by atoms with Crippen molar-refractivity contribution in [2.24, 2.45) is 0 Å². The normalized spacial score (nSPS) is 13.9. The maximum absolute atomic E-state index is 5.99. The fraction of sp³-hybridized carbons (Fsp3) is 0.304. The number of nitrogens with zero attached hydrogens (tertiary/aromatic N) is 3. The molecule has 0 aliphatic carbocycles. The van der Waals surface area contributed by atoms with E-state index in [1.54, 1.807) is 0 Å². The van der Waals surface area contributed by atoms with Gasteiger partial charge in [0.1, 0.15) is 11.4 Å². The molecule has 0 atom stereocenters. The SMILES string of the molecule is Cl.Cl.c1ccc2oc(-c3nc(NCCCN4CCCC4)c4ccccc4n3)cc2c1. The number of hydrogen-bond acceptors (Lipinski definition) is 5. The minimum Gasteiger partial charge on any atom is -0.453 e. The summed E-state index contributed by atoms with van der Waals surface area (Å²) < 4.78 is 5.99. The maximum atomic E-state index is 5.99. The number of hydrogen-bond donors (Lipinski definition) is 1. The topological polar surface area (TPSA) is 54.2 Å². The summed E-state index contributed by atoms with van der Waals surface area (Å²) in [4.78, 5) is 12.1. The van der Waals surface area contributed by atoms with Crippen LogP contribution in [-0.2, 0) is 0 Å². The van der Waals surface area contributed by atoms with E-state index in [-0.39, 0.29) is 24.8 Å². The zero-order valence-electron chi connectivity index (χ0n) is 16.7. The summed E-state index contributed by atoms with van der Waals surface area (Å²) in [5.74, 6) is 2.20. The number of nitrogens with one attached hydrogen (secondary N) is 1. The first-order valence-electron chi connectivity index (χ1n) is 10.1. The monoisotopic (exact) mass is 444 g/mol. The smallest absolute Gasteiger partial charge is 0.198 e. The molecular formula is C23H26Cl2N4O. The molecule has 1 aliphatic heterocycles. The van der Waals surface area contributed by atoms with Gasteiger partial charge in [-0.2, -0.15) is 0 Å². The van der Waals surface area contributed by atoms with Gasteiger partial charge < -0.3 is 14.6 Å². The molecule has 0 unspecified atom stereocenters. The summed E-state index contributed by atoms with van der Waals surface area (Å²) in [6.07, 6.45) is 3.79. The maximum Gasteiger partial charge on any atom is 0.198 e. The van der Waals surface area contributed by atoms with Crippen LogP contribution in [0.5, 0.6) is 0 Å². The first-order valence-corrected chi connectivity index (χ1v) is 10.1. The first-order chi connectivity index (χ1) is 13.9. The number of anilines is 1. The summed E-state index contributed by atoms with van der Waals surface area (Å²) in [5, 5.41) is 5.65. The highest BCUT2D eigenvalue weighted by Gasteiger charge is 2.14. The van der Waals surface area contributed by atoms with Crippen LogP contribution in [0.4, 0.5) is 5.82 Å². The third-order valence-corrected chi connectivity index (χ3v) is 5.39. The zero-order valence-corrected chi connectivity index (χ0v) is 18.3. The largest absolute Gasteiger partial charge is 0.453 e. The lowest BCUT2D eigenvalue weighted by molar-refractivity contribution is 0.337. The van der Waals surface area contributed by atoms with Crippen molar-refractivity contribution < 1.29 is 4.42 Å². The van der Waals surface area contributed by atoms with Crippen molar-refractivity contribution in [3.63, 3.8) is 0 Å². The van der Waals surface area contributed by atoms with Crippen LogP contribution in [0.2, 0.25) is 0 Å². The average Bonchev–Trinajstić information content (AvgIpc) is 3.40. The lowest BCUT2D eigenvalue weighted by Gasteiger charge is -2.15. The van der Waals surface area contributed by atoms with Crippen molar-refractivity contribution in [3.8, 4) is 11.6 Å². The third-order valence-electron chi connectivity index (χ3n) is 5.39. The number of furan rings is 1. The van der Waals surface area contributed by atoms with E-state index in [2.05, 4.69) is 16.3 Å². The third kappa shape index (κ3) is 4.69. The molecule has 0 spiro atoms. The van der Waals surface area contributed by atoms with Gasteiger partial charge >= 0.3 is 0 Å². The standard InChI is InChI=1S/C23H24N4O.2ClH/c1-4-11-20-17(8-1)16-21(28-20)23-25-19-10-3-2-9-18(19)22(26-23)24-12-7-15-27-13-5-6-14-27;;/h1-4,8-11,16H,5-7,12-15H2,(H,24,25,26);2*1H. The van der Waals surface area contributed by atoms with Crippen LogP contribution in [0, 0.1) is 0 Å². The fourth-order valence-corrected chi connectivity index (χ4v) is 3.93. The lowest BCUT2D eigenvalue weighted by atomic mass is 10.2. The Morgan fingerprint density at radius 3 is 2.53 bits per heavy atom. The van der Waals surface area contributed by atoms with Crippen molar-refractivity contribution in [1.29, 1.82) is 0 Å². The molecular weight excluding hydrogens is 419 g/mol. The highest BCUT2D eigenvalue weighted by molar-refractivity contribution is 5.91. The summed E-state index contributed by atoms with van der Waals surface area (Å²) in [6.45, 7) is 4.53. The van der Waals surface area contributed by atoms with E-state index < -0.39 is 0 Å². The van der Waals surface area contributed by atoms with Crippen molar-refractivity contribution in [3.05, 3.63) is 54.6 Å². The zero-order chi connectivity index (χ0) is 18.8. The van der Waals surface area contributed by atoms with Crippen LogP contribution in [0.25, 0.3) is 33.5 Å². The summed E-state index contributed by atoms with van der Waals surface area (Å²) in [5.41, 5.74) is 1.78. The van der Waals surface area contributed by atoms with Gasteiger partial charge in [-0.05, 0) is 63.2 Å². The Morgan fingerprint density at radius 1 is 0.933 bits per heavy atom. The van der Waals surface area contributed by atoms with Gasteiger partial charge in [0.2, 0.25) is 0 Å². The number of rotatable bonds is 6. The van der Waals surface area contributed by atoms with Gasteiger partial charge in [0.05, 0.1) is 5.52 Å². The number of halogens is 2. The van der Waals surface area contributed by atoms with Crippen molar-refractivity contribution in [1.82, 2.24) is 14.9 Å². The lowest BCUT2D eigenvalue weighted by Crippen LogP contribution is -2.22. The van der Waals surface area contributed by atoms with E-state index >= 15 is 0 Å². The Bertz CT molecular complexity index is 1080. The van der Waals surface area contributed by atoms with Crippen molar-refractivity contribution >= 4 is 52.5 Å². The Morgan fingerprint density at radius 2 is 1.70 bits per heavy atom. The van der Waals surface area contributed by atoms with Crippen LogP contribution < -0.4 is 5.32 Å². The summed E-state index contributed by atoms with van der Waals surface area (Å²) >= 11 is 0. The molecule has 1 aliphatic rings. The molecule has 4 aromatic rings. The van der Waals surface area contributed by atoms with Crippen molar-refractivity contribution in [2.75, 3.05) is 31.5 Å². The van der Waals surface area contributed by atoms with Gasteiger partial charge in [-0.15, -0.1) is 24.8 Å². The quantitative estimate of drug-likeness (QED) is 0.381. The number of likely N-dealkylation sites (tertiary alicyclic amines) is 1. The first kappa shape index (κ1) is 22.3. The second kappa shape index (κ2) is 10.1. The van der Waals surface area contributed by atoms with E-state index in [4.69, 9.17) is 14.4 Å². The van der Waals surface area contributed by atoms with Crippen LogP contribution >= 0.6 is 24.8 Å². The molecule has 5 nitrogen and oxygen atoms in total. The highest BCUT2D eigenvalue weighted by atomic mass is 35.5. The molecule has 2 aromatic heterocycles. The Kier molecular flexibility index (Phi) is 7.53. The van der Waals surface area contributed by atoms with Gasteiger partial charge in [0.25, 0.3) is 0 Å². The van der Waals surface area contributed by atoms with E-state index in [1.807, 2.05) is 48.5 Å². The van der Waals surface area contributed by atoms with Gasteiger partial charge in [-0.3, -0.25) is 0 Å². The Hall–Kier alpha value is -2.34. The Labute approximate surface area is 188 Å². The molecule has 1 N–H and O–H groups in total. The van der Waals surface area contributed by atoms with Crippen LogP contribution in [0.1, 0.15) is 19.3 Å². The number of fused-ring (bicyclic) bond motifs is 2. The second-order valence-electron chi connectivity index (χ2n) is 7.39. The number of benzene rings is 2. The molecule has 7 heteroatoms. The second-order valence-corrected chi connectivity index (χ2v) is 7.39. The predicted octanol–water partition coefficient (Wildman–Crippen LogP) is 5.78. The molecule has 3 heterocycles. The molecule has 0 amide bonds. The summed E-state index contributed by atoms with van der Waals surface area (Å²) in [7, 11) is 0. The number of para-hydroxylation sites is 2. The molecule has 0 saturated carbocycles. The van der Waals surface area contributed by atoms with E-state index in [9.17, 15) is 0 Å². The average molecular weight is 445 g/mol. The van der Waals surface area contributed by atoms with Crippen LogP contribution in [0.3, 0.4) is 0 Å². The van der Waals surface area contributed by atoms with E-state index in [0.29, 0.717) is 11.6 Å². The minimum absolute atomic E-state index is 0. The molecule has 0 bridgehead atoms. The molecule has 1 saturated heterocycles. The molecule has 0 radical (unpaired) electrons. The van der Waals surface area contributed by atoms with Crippen LogP contribution in [-0.4, -0.2) is 41.0 Å². The molecule has 2 aromatic carbocycles.